The van der Waals surface area contributed by atoms with Crippen molar-refractivity contribution in [1.82, 2.24) is 25.3 Å². The minimum Gasteiger partial charge on any atom is -0.444 e. The molecule has 1 fully saturated rings. The molecule has 37 heavy (non-hydrogen) atoms. The molecule has 2 N–H and O–H groups in total. The molecule has 3 amide bonds. The maximum absolute atomic E-state index is 13.6. The number of likely N-dealkylation sites (tertiary alicyclic amines) is 1. The van der Waals surface area contributed by atoms with Crippen LogP contribution in [0.1, 0.15) is 72.9 Å². The zero-order valence-electron chi connectivity index (χ0n) is 23.3. The quantitative estimate of drug-likeness (QED) is 0.605. The van der Waals surface area contributed by atoms with E-state index < -0.39 is 29.2 Å². The number of nitrogens with zero attached hydrogens (tertiary/aromatic N) is 3. The highest BCUT2D eigenvalue weighted by molar-refractivity contribution is 5.92. The van der Waals surface area contributed by atoms with E-state index >= 15 is 0 Å². The van der Waals surface area contributed by atoms with Gasteiger partial charge in [0.1, 0.15) is 17.7 Å². The van der Waals surface area contributed by atoms with E-state index in [-0.39, 0.29) is 17.9 Å². The lowest BCUT2D eigenvalue weighted by Crippen LogP contribution is -2.58. The Morgan fingerprint density at radius 1 is 1.03 bits per heavy atom. The lowest BCUT2D eigenvalue weighted by Gasteiger charge is -2.36. The number of hydrogen-bond donors (Lipinski definition) is 2. The number of aromatic nitrogens is 2. The first kappa shape index (κ1) is 28.2. The highest BCUT2D eigenvalue weighted by Gasteiger charge is 2.42. The third-order valence-corrected chi connectivity index (χ3v) is 6.50. The van der Waals surface area contributed by atoms with Crippen molar-refractivity contribution in [3.63, 3.8) is 0 Å². The molecule has 0 bridgehead atoms. The predicted molar refractivity (Wildman–Crippen MR) is 143 cm³/mol. The Kier molecular flexibility index (Phi) is 8.35. The van der Waals surface area contributed by atoms with Crippen LogP contribution < -0.4 is 10.6 Å². The fourth-order valence-corrected chi connectivity index (χ4v) is 4.54. The summed E-state index contributed by atoms with van der Waals surface area (Å²) >= 11 is 0. The summed E-state index contributed by atoms with van der Waals surface area (Å²) < 4.78 is 7.20. The standard InChI is InChI=1S/C28H41N5O4/c1-18(19-11-13-20(14-12-19)21-15-16-29-32(21)8)30-24(34)22-10-9-17-33(22)25(35)23(27(2,3)4)31-26(36)37-28(5,6)7/h11-16,18,22-23H,9-10,17H2,1-8H3,(H,30,34)(H,31,36). The van der Waals surface area contributed by atoms with Gasteiger partial charge in [0.2, 0.25) is 11.8 Å². The summed E-state index contributed by atoms with van der Waals surface area (Å²) in [6, 6.07) is 8.31. The largest absolute Gasteiger partial charge is 0.444 e. The van der Waals surface area contributed by atoms with Crippen molar-refractivity contribution >= 4 is 17.9 Å². The molecule has 9 heteroatoms. The fraction of sp³-hybridized carbons (Fsp3) is 0.571. The number of nitrogens with one attached hydrogen (secondary N) is 2. The molecule has 3 atom stereocenters. The van der Waals surface area contributed by atoms with Gasteiger partial charge in [0.15, 0.2) is 0 Å². The Bertz CT molecular complexity index is 1110. The summed E-state index contributed by atoms with van der Waals surface area (Å²) in [6.45, 7) is 13.4. The van der Waals surface area contributed by atoms with E-state index in [0.29, 0.717) is 13.0 Å². The number of alkyl carbamates (subject to hydrolysis) is 1. The van der Waals surface area contributed by atoms with Gasteiger partial charge in [-0.2, -0.15) is 5.10 Å². The number of ether oxygens (including phenoxy) is 1. The molecule has 202 valence electrons. The molecule has 3 rings (SSSR count). The molecule has 1 aromatic carbocycles. The van der Waals surface area contributed by atoms with Crippen LogP contribution in [-0.4, -0.2) is 56.8 Å². The average molecular weight is 512 g/mol. The molecular weight excluding hydrogens is 470 g/mol. The van der Waals surface area contributed by atoms with Gasteiger partial charge < -0.3 is 20.3 Å². The second-order valence-corrected chi connectivity index (χ2v) is 11.8. The van der Waals surface area contributed by atoms with Gasteiger partial charge in [-0.3, -0.25) is 14.3 Å². The van der Waals surface area contributed by atoms with Crippen molar-refractivity contribution in [3.05, 3.63) is 42.1 Å². The van der Waals surface area contributed by atoms with Crippen LogP contribution in [0, 0.1) is 5.41 Å². The Morgan fingerprint density at radius 3 is 2.22 bits per heavy atom. The van der Waals surface area contributed by atoms with Crippen molar-refractivity contribution < 1.29 is 19.1 Å². The fourth-order valence-electron chi connectivity index (χ4n) is 4.54. The number of aryl methyl sites for hydroxylation is 1. The van der Waals surface area contributed by atoms with Gasteiger partial charge in [-0.05, 0) is 63.1 Å². The first-order valence-electron chi connectivity index (χ1n) is 12.9. The van der Waals surface area contributed by atoms with Gasteiger partial charge >= 0.3 is 6.09 Å². The molecule has 0 aliphatic carbocycles. The van der Waals surface area contributed by atoms with Crippen molar-refractivity contribution in [2.24, 2.45) is 12.5 Å². The third kappa shape index (κ3) is 7.11. The number of carbonyl (C=O) groups is 3. The SMILES string of the molecule is CC(NC(=O)C1CCCN1C(=O)C(NC(=O)OC(C)(C)C)C(C)(C)C)c1ccc(-c2ccnn2C)cc1. The number of hydrogen-bond acceptors (Lipinski definition) is 5. The van der Waals surface area contributed by atoms with E-state index in [2.05, 4.69) is 15.7 Å². The van der Waals surface area contributed by atoms with E-state index in [4.69, 9.17) is 4.74 Å². The topological polar surface area (TPSA) is 106 Å². The summed E-state index contributed by atoms with van der Waals surface area (Å²) in [5.41, 5.74) is 1.77. The van der Waals surface area contributed by atoms with Gasteiger partial charge in [0.05, 0.1) is 11.7 Å². The number of amides is 3. The highest BCUT2D eigenvalue weighted by Crippen LogP contribution is 2.27. The molecule has 0 radical (unpaired) electrons. The Hall–Kier alpha value is -3.36. The van der Waals surface area contributed by atoms with Crippen molar-refractivity contribution in [2.75, 3.05) is 6.54 Å². The summed E-state index contributed by atoms with van der Waals surface area (Å²) in [6.07, 6.45) is 2.41. The average Bonchev–Trinajstić information content (AvgIpc) is 3.44. The smallest absolute Gasteiger partial charge is 0.408 e. The normalized spacial score (nSPS) is 17.7. The van der Waals surface area contributed by atoms with Crippen LogP contribution in [0.4, 0.5) is 4.79 Å². The number of carbonyl (C=O) groups excluding carboxylic acids is 3. The Balaban J connectivity index is 1.69. The second-order valence-electron chi connectivity index (χ2n) is 11.8. The van der Waals surface area contributed by atoms with Crippen LogP contribution in [0.25, 0.3) is 11.3 Å². The van der Waals surface area contributed by atoms with Crippen molar-refractivity contribution in [1.29, 1.82) is 0 Å². The van der Waals surface area contributed by atoms with Gasteiger partial charge in [-0.25, -0.2) is 4.79 Å². The number of rotatable bonds is 6. The molecule has 0 spiro atoms. The summed E-state index contributed by atoms with van der Waals surface area (Å²) in [7, 11) is 1.90. The zero-order chi connectivity index (χ0) is 27.5. The molecule has 1 aliphatic rings. The summed E-state index contributed by atoms with van der Waals surface area (Å²) in [5, 5.41) is 10.0. The molecule has 1 aliphatic heterocycles. The maximum atomic E-state index is 13.6. The summed E-state index contributed by atoms with van der Waals surface area (Å²) in [5.74, 6) is -0.469. The molecule has 1 saturated heterocycles. The molecule has 2 heterocycles. The van der Waals surface area contributed by atoms with E-state index in [1.54, 1.807) is 31.9 Å². The lowest BCUT2D eigenvalue weighted by atomic mass is 9.85. The summed E-state index contributed by atoms with van der Waals surface area (Å²) in [4.78, 5) is 41.0. The molecule has 2 aromatic rings. The van der Waals surface area contributed by atoms with Gasteiger partial charge in [-0.1, -0.05) is 45.0 Å². The number of benzene rings is 1. The second kappa shape index (κ2) is 10.9. The van der Waals surface area contributed by atoms with Crippen LogP contribution in [0.15, 0.2) is 36.5 Å². The van der Waals surface area contributed by atoms with E-state index in [1.165, 1.54) is 0 Å². The highest BCUT2D eigenvalue weighted by atomic mass is 16.6. The minimum absolute atomic E-state index is 0.195. The van der Waals surface area contributed by atoms with Crippen LogP contribution in [0.5, 0.6) is 0 Å². The van der Waals surface area contributed by atoms with Crippen LogP contribution in [0.3, 0.4) is 0 Å². The van der Waals surface area contributed by atoms with Crippen molar-refractivity contribution in [3.8, 4) is 11.3 Å². The predicted octanol–water partition coefficient (Wildman–Crippen LogP) is 4.19. The van der Waals surface area contributed by atoms with Crippen LogP contribution >= 0.6 is 0 Å². The lowest BCUT2D eigenvalue weighted by molar-refractivity contribution is -0.142. The van der Waals surface area contributed by atoms with Gasteiger partial charge in [0.25, 0.3) is 0 Å². The Labute approximate surface area is 219 Å². The zero-order valence-corrected chi connectivity index (χ0v) is 23.3. The maximum Gasteiger partial charge on any atom is 0.408 e. The van der Waals surface area contributed by atoms with E-state index in [9.17, 15) is 14.4 Å². The van der Waals surface area contributed by atoms with Crippen molar-refractivity contribution in [2.45, 2.75) is 85.0 Å². The monoisotopic (exact) mass is 511 g/mol. The van der Waals surface area contributed by atoms with Crippen LogP contribution in [0.2, 0.25) is 0 Å². The molecular formula is C28H41N5O4. The first-order chi connectivity index (χ1) is 17.2. The van der Waals surface area contributed by atoms with Gasteiger partial charge in [-0.15, -0.1) is 0 Å². The molecule has 0 saturated carbocycles. The minimum atomic E-state index is -0.826. The van der Waals surface area contributed by atoms with Crippen LogP contribution in [-0.2, 0) is 21.4 Å². The Morgan fingerprint density at radius 2 is 1.68 bits per heavy atom. The molecule has 3 unspecified atom stereocenters. The molecule has 1 aromatic heterocycles. The van der Waals surface area contributed by atoms with E-state index in [1.807, 2.05) is 69.8 Å². The third-order valence-electron chi connectivity index (χ3n) is 6.50. The molecule has 9 nitrogen and oxygen atoms in total. The van der Waals surface area contributed by atoms with Gasteiger partial charge in [0, 0.05) is 19.8 Å². The first-order valence-corrected chi connectivity index (χ1v) is 12.9. The van der Waals surface area contributed by atoms with E-state index in [0.717, 1.165) is 23.2 Å².